The number of hydrogen-bond donors (Lipinski definition) is 2. The predicted octanol–water partition coefficient (Wildman–Crippen LogP) is 7.07. The van der Waals surface area contributed by atoms with Gasteiger partial charge in [0.2, 0.25) is 23.6 Å². The van der Waals surface area contributed by atoms with Crippen molar-refractivity contribution in [2.24, 2.45) is 0 Å². The molecule has 4 aliphatic heterocycles. The number of imide groups is 1. The number of halogens is 3. The van der Waals surface area contributed by atoms with Crippen molar-refractivity contribution in [1.29, 1.82) is 0 Å². The fraction of sp³-hybridized carbons (Fsp3) is 0.345. The third-order valence-corrected chi connectivity index (χ3v) is 15.6. The van der Waals surface area contributed by atoms with Crippen LogP contribution in [0.4, 0.5) is 14.6 Å². The summed E-state index contributed by atoms with van der Waals surface area (Å²) in [6, 6.07) is 22.1. The summed E-state index contributed by atoms with van der Waals surface area (Å²) < 4.78 is 54.9. The molecule has 3 aromatic heterocycles. The van der Waals surface area contributed by atoms with Crippen molar-refractivity contribution in [3.05, 3.63) is 117 Å². The maximum Gasteiger partial charge on any atom is 0.586 e. The highest BCUT2D eigenvalue weighted by Gasteiger charge is 2.53. The molecule has 0 unspecified atom stereocenters. The van der Waals surface area contributed by atoms with E-state index in [1.165, 1.54) is 28.4 Å². The lowest BCUT2D eigenvalue weighted by atomic mass is 9.94. The Hall–Kier alpha value is -7.59. The van der Waals surface area contributed by atoms with Crippen molar-refractivity contribution in [3.8, 4) is 39.6 Å². The second-order valence-corrected chi connectivity index (χ2v) is 20.9. The van der Waals surface area contributed by atoms with Gasteiger partial charge in [0.25, 0.3) is 11.8 Å². The Bertz CT molecular complexity index is 3370. The molecular formula is C55H50ClF2N7O11S. The number of nitrogens with one attached hydrogen (secondary N) is 2. The maximum absolute atomic E-state index is 13.8. The first-order valence-corrected chi connectivity index (χ1v) is 26.3. The largest absolute Gasteiger partial charge is 0.586 e. The number of ether oxygens (including phenoxy) is 5. The van der Waals surface area contributed by atoms with E-state index in [1.54, 1.807) is 58.5 Å². The van der Waals surface area contributed by atoms with E-state index in [4.69, 9.17) is 30.8 Å². The molecule has 398 valence electrons. The van der Waals surface area contributed by atoms with Crippen LogP contribution >= 0.6 is 22.9 Å². The number of piperazine rings is 1. The van der Waals surface area contributed by atoms with E-state index in [1.807, 2.05) is 31.2 Å². The topological polar surface area (TPSA) is 208 Å². The Balaban J connectivity index is 0.596. The molecular weight excluding hydrogens is 1040 g/mol. The van der Waals surface area contributed by atoms with Crippen molar-refractivity contribution in [2.75, 3.05) is 64.5 Å². The van der Waals surface area contributed by atoms with Gasteiger partial charge in [-0.2, -0.15) is 0 Å². The Kier molecular flexibility index (Phi) is 14.1. The normalized spacial score (nSPS) is 17.9. The van der Waals surface area contributed by atoms with Crippen molar-refractivity contribution >= 4 is 74.4 Å². The van der Waals surface area contributed by atoms with Crippen LogP contribution in [-0.2, 0) is 51.8 Å². The number of alkyl halides is 2. The molecule has 3 fully saturated rings. The van der Waals surface area contributed by atoms with E-state index >= 15 is 0 Å². The maximum atomic E-state index is 13.8. The summed E-state index contributed by atoms with van der Waals surface area (Å²) in [5.41, 5.74) is 5.07. The summed E-state index contributed by atoms with van der Waals surface area (Å²) in [6.45, 7) is 3.95. The van der Waals surface area contributed by atoms with Crippen molar-refractivity contribution in [3.63, 3.8) is 0 Å². The van der Waals surface area contributed by atoms with Crippen LogP contribution in [0.3, 0.4) is 0 Å². The molecule has 6 amide bonds. The Morgan fingerprint density at radius 1 is 0.857 bits per heavy atom. The third kappa shape index (κ3) is 10.8. The van der Waals surface area contributed by atoms with E-state index in [2.05, 4.69) is 25.1 Å². The number of pyridine rings is 2. The summed E-state index contributed by atoms with van der Waals surface area (Å²) in [7, 11) is 0. The number of amides is 6. The quantitative estimate of drug-likeness (QED) is 0.0694. The van der Waals surface area contributed by atoms with Crippen LogP contribution in [0.15, 0.2) is 85.1 Å². The van der Waals surface area contributed by atoms with Crippen molar-refractivity contribution < 1.29 is 61.2 Å². The van der Waals surface area contributed by atoms with E-state index in [0.717, 1.165) is 31.8 Å². The number of carbonyl (C=O) groups excluding carboxylic acids is 6. The molecule has 6 aromatic rings. The SMILES string of the molecule is Cc1ccc(NC(=O)C2(c3ccc4c(c3)OC(F)(F)O4)CC2)nc1-c1cccc(C(=O)NCCOCCOCC(=O)N2CCN(C(=O)[C@H]3Cc4cc(Cl)cc(-c5ccnc6cc(CN7C(=O)CCC7=O)sc56)c4O3)CC2)c1. The lowest BCUT2D eigenvalue weighted by Crippen LogP contribution is -2.54. The lowest BCUT2D eigenvalue weighted by Gasteiger charge is -2.35. The molecule has 18 nitrogen and oxygen atoms in total. The Labute approximate surface area is 448 Å². The summed E-state index contributed by atoms with van der Waals surface area (Å²) >= 11 is 8.08. The van der Waals surface area contributed by atoms with Gasteiger partial charge in [0, 0.05) is 95.9 Å². The van der Waals surface area contributed by atoms with Gasteiger partial charge in [-0.05, 0) is 85.5 Å². The van der Waals surface area contributed by atoms with Crippen LogP contribution in [-0.4, -0.2) is 132 Å². The minimum absolute atomic E-state index is 0.0957. The van der Waals surface area contributed by atoms with Crippen LogP contribution in [0.1, 0.15) is 57.6 Å². The molecule has 2 saturated heterocycles. The lowest BCUT2D eigenvalue weighted by molar-refractivity contribution is -0.286. The Morgan fingerprint density at radius 3 is 2.42 bits per heavy atom. The van der Waals surface area contributed by atoms with Crippen molar-refractivity contribution in [1.82, 2.24) is 30.0 Å². The van der Waals surface area contributed by atoms with Gasteiger partial charge >= 0.3 is 6.29 Å². The summed E-state index contributed by atoms with van der Waals surface area (Å²) in [4.78, 5) is 93.0. The number of carbonyl (C=O) groups is 6. The number of thiophene rings is 1. The van der Waals surface area contributed by atoms with E-state index in [0.29, 0.717) is 89.9 Å². The average molecular weight is 1090 g/mol. The van der Waals surface area contributed by atoms with Crippen molar-refractivity contribution in [2.45, 2.75) is 63.4 Å². The van der Waals surface area contributed by atoms with Crippen LogP contribution in [0, 0.1) is 6.92 Å². The number of hydrogen-bond acceptors (Lipinski definition) is 14. The molecule has 0 bridgehead atoms. The molecule has 7 heterocycles. The van der Waals surface area contributed by atoms with Crippen LogP contribution in [0.5, 0.6) is 17.2 Å². The molecule has 3 aromatic carbocycles. The van der Waals surface area contributed by atoms with Crippen LogP contribution in [0.25, 0.3) is 32.6 Å². The molecule has 1 saturated carbocycles. The van der Waals surface area contributed by atoms with E-state index in [-0.39, 0.29) is 99.3 Å². The Morgan fingerprint density at radius 2 is 1.62 bits per heavy atom. The zero-order valence-electron chi connectivity index (χ0n) is 41.5. The number of anilines is 1. The molecule has 77 heavy (non-hydrogen) atoms. The number of nitrogens with zero attached hydrogens (tertiary/aromatic N) is 5. The van der Waals surface area contributed by atoms with Crippen LogP contribution < -0.4 is 24.8 Å². The molecule has 5 aliphatic rings. The number of likely N-dealkylation sites (tertiary alicyclic amines) is 1. The first-order valence-electron chi connectivity index (χ1n) is 25.1. The molecule has 1 aliphatic carbocycles. The number of rotatable bonds is 17. The van der Waals surface area contributed by atoms with Gasteiger partial charge in [0.15, 0.2) is 17.6 Å². The molecule has 2 N–H and O–H groups in total. The zero-order chi connectivity index (χ0) is 53.6. The molecule has 1 atom stereocenters. The summed E-state index contributed by atoms with van der Waals surface area (Å²) in [5, 5.41) is 6.22. The highest BCUT2D eigenvalue weighted by atomic mass is 35.5. The minimum atomic E-state index is -3.76. The smallest absolute Gasteiger partial charge is 0.479 e. The summed E-state index contributed by atoms with van der Waals surface area (Å²) in [5.74, 6) is -0.792. The third-order valence-electron chi connectivity index (χ3n) is 14.2. The zero-order valence-corrected chi connectivity index (χ0v) is 43.1. The van der Waals surface area contributed by atoms with Gasteiger partial charge in [-0.1, -0.05) is 35.9 Å². The monoisotopic (exact) mass is 1090 g/mol. The predicted molar refractivity (Wildman–Crippen MR) is 277 cm³/mol. The van der Waals surface area contributed by atoms with Gasteiger partial charge in [-0.15, -0.1) is 20.1 Å². The average Bonchev–Trinajstić information content (AvgIpc) is 3.80. The number of aromatic nitrogens is 2. The van der Waals surface area contributed by atoms with Gasteiger partial charge in [0.05, 0.1) is 47.7 Å². The minimum Gasteiger partial charge on any atom is -0.479 e. The highest BCUT2D eigenvalue weighted by molar-refractivity contribution is 7.19. The molecule has 11 rings (SSSR count). The second-order valence-electron chi connectivity index (χ2n) is 19.3. The van der Waals surface area contributed by atoms with Gasteiger partial charge in [-0.25, -0.2) is 4.98 Å². The molecule has 0 radical (unpaired) electrons. The number of benzene rings is 3. The van der Waals surface area contributed by atoms with Gasteiger partial charge in [0.1, 0.15) is 18.2 Å². The van der Waals surface area contributed by atoms with Gasteiger partial charge in [-0.3, -0.25) is 38.7 Å². The fourth-order valence-corrected chi connectivity index (χ4v) is 11.4. The van der Waals surface area contributed by atoms with E-state index < -0.39 is 17.8 Å². The van der Waals surface area contributed by atoms with Crippen LogP contribution in [0.2, 0.25) is 5.02 Å². The highest BCUT2D eigenvalue weighted by Crippen LogP contribution is 2.52. The molecule has 22 heteroatoms. The molecule has 0 spiro atoms. The van der Waals surface area contributed by atoms with Gasteiger partial charge < -0.3 is 44.1 Å². The first-order chi connectivity index (χ1) is 37.1. The summed E-state index contributed by atoms with van der Waals surface area (Å²) in [6.07, 6.45) is -1.07. The number of fused-ring (bicyclic) bond motifs is 3. The first kappa shape index (κ1) is 51.5. The fourth-order valence-electron chi connectivity index (χ4n) is 10.0. The standard InChI is InChI=1S/C55H50ClF2N7O11S/c1-31-5-8-44(62-53(71)54(12-13-54)35-6-7-41-42(26-35)76-55(57,58)75-41)61-48(31)32-3-2-4-33(23-32)51(69)60-15-20-72-21-22-73-30-47(68)63-16-18-64(19-17-63)52(70)43-25-34-24-36(56)27-39(49(34)74-43)38-11-14-59-40-28-37(77-50(38)40)29-65-45(66)9-10-46(65)67/h2-8,11,14,23-24,26-28,43H,9-10,12-13,15-22,25,29-30H2,1H3,(H,60,69)(H,61,62,71)/t43-/m1/s1. The number of aryl methyl sites for hydroxylation is 1. The second kappa shape index (κ2) is 21.1. The van der Waals surface area contributed by atoms with E-state index in [9.17, 15) is 37.5 Å².